The van der Waals surface area contributed by atoms with E-state index in [9.17, 15) is 9.59 Å². The van der Waals surface area contributed by atoms with Gasteiger partial charge < -0.3 is 16.5 Å². The van der Waals surface area contributed by atoms with Crippen molar-refractivity contribution in [3.63, 3.8) is 0 Å². The predicted octanol–water partition coefficient (Wildman–Crippen LogP) is 0.319. The van der Waals surface area contributed by atoms with Crippen LogP contribution in [-0.2, 0) is 9.59 Å². The number of aliphatic hydroxyl groups is 1. The van der Waals surface area contributed by atoms with Gasteiger partial charge >= 0.3 is 35.5 Å². The van der Waals surface area contributed by atoms with Crippen LogP contribution in [-0.4, -0.2) is 46.7 Å². The number of amides is 1. The number of nitrogens with zero attached hydrogens (tertiary/aromatic N) is 1. The summed E-state index contributed by atoms with van der Waals surface area (Å²) in [6.45, 7) is 2.51. The quantitative estimate of drug-likeness (QED) is 0.333. The van der Waals surface area contributed by atoms with E-state index in [4.69, 9.17) is 10.2 Å². The number of hydrogen-bond acceptors (Lipinski definition) is 3. The van der Waals surface area contributed by atoms with Gasteiger partial charge in [-0.3, -0.25) is 9.59 Å². The number of carboxylic acids is 1. The first-order valence-corrected chi connectivity index (χ1v) is 8.72. The summed E-state index contributed by atoms with van der Waals surface area (Å²) in [7, 11) is 0. The fourth-order valence-corrected chi connectivity index (χ4v) is 2.46. The number of aliphatic carboxylic acids is 1. The van der Waals surface area contributed by atoms with Crippen LogP contribution >= 0.6 is 0 Å². The van der Waals surface area contributed by atoms with E-state index in [1.54, 1.807) is 0 Å². The van der Waals surface area contributed by atoms with Crippen LogP contribution in [0.25, 0.3) is 0 Å². The largest absolute Gasteiger partial charge is 1.00 e. The summed E-state index contributed by atoms with van der Waals surface area (Å²) >= 11 is 0. The van der Waals surface area contributed by atoms with Crippen LogP contribution in [0.15, 0.2) is 0 Å². The zero-order chi connectivity index (χ0) is 16.6. The zero-order valence-corrected chi connectivity index (χ0v) is 17.1. The summed E-state index contributed by atoms with van der Waals surface area (Å²) in [5.74, 6) is -0.961. The molecule has 0 aromatic carbocycles. The first kappa shape index (κ1) is 25.1. The Morgan fingerprint density at radius 2 is 1.39 bits per heavy atom. The fraction of sp³-hybridized carbons (Fsp3) is 0.882. The molecule has 0 atom stereocenters. The van der Waals surface area contributed by atoms with Crippen molar-refractivity contribution in [2.75, 3.05) is 19.7 Å². The maximum absolute atomic E-state index is 12.0. The molecule has 0 rings (SSSR count). The zero-order valence-electron chi connectivity index (χ0n) is 16.1. The molecule has 2 N–H and O–H groups in total. The molecule has 0 aromatic heterocycles. The molecule has 0 spiro atoms. The van der Waals surface area contributed by atoms with Crippen LogP contribution < -0.4 is 29.6 Å². The number of rotatable bonds is 15. The Morgan fingerprint density at radius 3 is 1.87 bits per heavy atom. The molecule has 0 aromatic rings. The van der Waals surface area contributed by atoms with Crippen molar-refractivity contribution in [1.29, 1.82) is 0 Å². The SMILES string of the molecule is CCCCCCCCCCCC(=O)N(CCO)CCC(=O)O.[H-].[Na+]. The molecule has 23 heavy (non-hydrogen) atoms. The molecule has 132 valence electrons. The van der Waals surface area contributed by atoms with E-state index in [0.29, 0.717) is 6.42 Å². The molecule has 0 unspecified atom stereocenters. The van der Waals surface area contributed by atoms with Gasteiger partial charge in [-0.1, -0.05) is 58.3 Å². The average Bonchev–Trinajstić information content (AvgIpc) is 2.49. The topological polar surface area (TPSA) is 77.8 Å². The molecule has 0 radical (unpaired) electrons. The molecule has 6 heteroatoms. The van der Waals surface area contributed by atoms with Gasteiger partial charge in [-0.2, -0.15) is 0 Å². The number of hydrogen-bond donors (Lipinski definition) is 2. The maximum atomic E-state index is 12.0. The van der Waals surface area contributed by atoms with Crippen molar-refractivity contribution in [2.45, 2.75) is 77.6 Å². The van der Waals surface area contributed by atoms with Gasteiger partial charge in [-0.25, -0.2) is 0 Å². The number of aliphatic hydroxyl groups excluding tert-OH is 1. The summed E-state index contributed by atoms with van der Waals surface area (Å²) in [6.07, 6.45) is 11.2. The average molecular weight is 339 g/mol. The summed E-state index contributed by atoms with van der Waals surface area (Å²) in [5.41, 5.74) is 0. The molecule has 0 fully saturated rings. The second-order valence-electron chi connectivity index (χ2n) is 5.83. The molecule has 5 nitrogen and oxygen atoms in total. The molecule has 0 bridgehead atoms. The van der Waals surface area contributed by atoms with E-state index in [-0.39, 0.29) is 63.0 Å². The van der Waals surface area contributed by atoms with Crippen LogP contribution in [0.2, 0.25) is 0 Å². The molecular weight excluding hydrogens is 305 g/mol. The molecule has 0 aliphatic heterocycles. The van der Waals surface area contributed by atoms with Crippen LogP contribution in [0.5, 0.6) is 0 Å². The van der Waals surface area contributed by atoms with E-state index in [1.165, 1.54) is 43.4 Å². The Balaban J connectivity index is -0.00000220. The van der Waals surface area contributed by atoms with Gasteiger partial charge in [-0.05, 0) is 6.42 Å². The maximum Gasteiger partial charge on any atom is 1.00 e. The van der Waals surface area contributed by atoms with E-state index in [2.05, 4.69) is 6.92 Å². The molecule has 0 heterocycles. The monoisotopic (exact) mass is 339 g/mol. The summed E-state index contributed by atoms with van der Waals surface area (Å²) in [4.78, 5) is 24.0. The minimum atomic E-state index is -0.918. The van der Waals surface area contributed by atoms with Gasteiger partial charge in [0.15, 0.2) is 0 Å². The number of carboxylic acid groups (broad SMARTS) is 1. The smallest absolute Gasteiger partial charge is 1.00 e. The van der Waals surface area contributed by atoms with E-state index in [1.807, 2.05) is 0 Å². The van der Waals surface area contributed by atoms with E-state index in [0.717, 1.165) is 19.3 Å². The second-order valence-corrected chi connectivity index (χ2v) is 5.83. The minimum absolute atomic E-state index is 0. The summed E-state index contributed by atoms with van der Waals surface area (Å²) < 4.78 is 0. The van der Waals surface area contributed by atoms with Gasteiger partial charge in [0.1, 0.15) is 0 Å². The second kappa shape index (κ2) is 18.2. The Kier molecular flexibility index (Phi) is 19.9. The molecular formula is C17H34NNaO4. The van der Waals surface area contributed by atoms with Crippen LogP contribution in [0.3, 0.4) is 0 Å². The van der Waals surface area contributed by atoms with Crippen molar-refractivity contribution in [3.8, 4) is 0 Å². The molecule has 1 amide bonds. The molecule has 0 aliphatic carbocycles. The van der Waals surface area contributed by atoms with Gasteiger partial charge in [0, 0.05) is 19.5 Å². The van der Waals surface area contributed by atoms with Crippen molar-refractivity contribution < 1.29 is 50.8 Å². The number of carbonyl (C=O) groups is 2. The van der Waals surface area contributed by atoms with Crippen molar-refractivity contribution in [2.24, 2.45) is 0 Å². The molecule has 0 saturated heterocycles. The Hall–Kier alpha value is -0.100. The van der Waals surface area contributed by atoms with Crippen molar-refractivity contribution in [1.82, 2.24) is 4.90 Å². The van der Waals surface area contributed by atoms with Gasteiger partial charge in [0.05, 0.1) is 13.0 Å². The van der Waals surface area contributed by atoms with Crippen molar-refractivity contribution >= 4 is 11.9 Å². The van der Waals surface area contributed by atoms with Crippen LogP contribution in [0, 0.1) is 0 Å². The third-order valence-corrected chi connectivity index (χ3v) is 3.81. The van der Waals surface area contributed by atoms with Crippen molar-refractivity contribution in [3.05, 3.63) is 0 Å². The molecule has 0 saturated carbocycles. The fourth-order valence-electron chi connectivity index (χ4n) is 2.46. The molecule has 0 aliphatic rings. The summed E-state index contributed by atoms with van der Waals surface area (Å²) in [5, 5.41) is 17.6. The van der Waals surface area contributed by atoms with Crippen LogP contribution in [0.1, 0.15) is 79.0 Å². The van der Waals surface area contributed by atoms with Crippen LogP contribution in [0.4, 0.5) is 0 Å². The first-order valence-electron chi connectivity index (χ1n) is 8.72. The Bertz CT molecular complexity index is 306. The standard InChI is InChI=1S/C17H33NO4.Na.H/c1-2-3-4-5-6-7-8-9-10-11-16(20)18(14-15-19)13-12-17(21)22;;/h19H,2-15H2,1H3,(H,21,22);;/q;+1;-1. The van der Waals surface area contributed by atoms with Gasteiger partial charge in [0.25, 0.3) is 0 Å². The minimum Gasteiger partial charge on any atom is -1.00 e. The van der Waals surface area contributed by atoms with Gasteiger partial charge in [-0.15, -0.1) is 0 Å². The summed E-state index contributed by atoms with van der Waals surface area (Å²) in [6, 6.07) is 0. The Labute approximate surface area is 164 Å². The first-order chi connectivity index (χ1) is 10.6. The Morgan fingerprint density at radius 1 is 0.870 bits per heavy atom. The third-order valence-electron chi connectivity index (χ3n) is 3.81. The van der Waals surface area contributed by atoms with E-state index >= 15 is 0 Å². The number of carbonyl (C=O) groups excluding carboxylic acids is 1. The predicted molar refractivity (Wildman–Crippen MR) is 88.9 cm³/mol. The van der Waals surface area contributed by atoms with E-state index < -0.39 is 5.97 Å². The normalized spacial score (nSPS) is 10.2. The third kappa shape index (κ3) is 16.5. The van der Waals surface area contributed by atoms with Gasteiger partial charge in [0.2, 0.25) is 5.91 Å². The number of unbranched alkanes of at least 4 members (excludes halogenated alkanes) is 8.